The number of amides is 1. The number of hydrogen-bond donors (Lipinski definition) is 0. The Hall–Kier alpha value is -3.10. The van der Waals surface area contributed by atoms with Gasteiger partial charge in [0.15, 0.2) is 23.0 Å². The third kappa shape index (κ3) is 6.13. The average molecular weight is 496 g/mol. The van der Waals surface area contributed by atoms with Crippen molar-refractivity contribution in [2.24, 2.45) is 0 Å². The number of ether oxygens (including phenoxy) is 4. The van der Waals surface area contributed by atoms with Gasteiger partial charge in [-0.2, -0.15) is 13.2 Å². The third-order valence-corrected chi connectivity index (χ3v) is 5.70. The number of benzene rings is 2. The number of alkyl halides is 3. The first-order valence-corrected chi connectivity index (χ1v) is 11.9. The van der Waals surface area contributed by atoms with Crippen molar-refractivity contribution in [1.82, 2.24) is 4.90 Å². The highest BCUT2D eigenvalue weighted by Crippen LogP contribution is 2.42. The standard InChI is InChI=1S/C26H32F3NO5/c1-5-32-21-10-9-17(14-22(21)33-6-2)13-20-19-16-24(35-8-4)23(34-7-3)15-18(19)11-12-30(20)25(31)26(27,28)29/h9-10,14-16,20H,5-8,11-13H2,1-4H3/t20-/m1/s1. The summed E-state index contributed by atoms with van der Waals surface area (Å²) in [4.78, 5) is 13.3. The highest BCUT2D eigenvalue weighted by atomic mass is 19.4. The minimum atomic E-state index is -4.97. The molecule has 1 aliphatic heterocycles. The lowest BCUT2D eigenvalue weighted by Crippen LogP contribution is -2.47. The maximum Gasteiger partial charge on any atom is 0.471 e. The maximum atomic E-state index is 13.5. The van der Waals surface area contributed by atoms with Crippen molar-refractivity contribution < 1.29 is 36.9 Å². The van der Waals surface area contributed by atoms with E-state index < -0.39 is 18.1 Å². The number of carbonyl (C=O) groups is 1. The highest BCUT2D eigenvalue weighted by molar-refractivity contribution is 5.82. The van der Waals surface area contributed by atoms with E-state index in [-0.39, 0.29) is 19.4 Å². The van der Waals surface area contributed by atoms with Gasteiger partial charge in [0.05, 0.1) is 32.5 Å². The molecule has 0 fully saturated rings. The molecule has 0 bridgehead atoms. The molecule has 3 rings (SSSR count). The van der Waals surface area contributed by atoms with E-state index in [2.05, 4.69) is 0 Å². The van der Waals surface area contributed by atoms with Gasteiger partial charge in [-0.1, -0.05) is 6.07 Å². The first kappa shape index (κ1) is 26.5. The van der Waals surface area contributed by atoms with Crippen LogP contribution in [-0.2, 0) is 17.6 Å². The molecule has 0 aromatic heterocycles. The Kier molecular flexibility index (Phi) is 8.75. The lowest BCUT2D eigenvalue weighted by Gasteiger charge is -2.38. The Labute approximate surface area is 203 Å². The molecule has 1 aliphatic rings. The summed E-state index contributed by atoms with van der Waals surface area (Å²) in [7, 11) is 0. The zero-order valence-corrected chi connectivity index (χ0v) is 20.5. The maximum absolute atomic E-state index is 13.5. The van der Waals surface area contributed by atoms with Gasteiger partial charge in [0.1, 0.15) is 0 Å². The summed E-state index contributed by atoms with van der Waals surface area (Å²) in [5, 5.41) is 0. The van der Waals surface area contributed by atoms with Crippen molar-refractivity contribution in [3.63, 3.8) is 0 Å². The number of carbonyl (C=O) groups excluding carboxylic acids is 1. The molecule has 9 heteroatoms. The lowest BCUT2D eigenvalue weighted by molar-refractivity contribution is -0.188. The average Bonchev–Trinajstić information content (AvgIpc) is 2.81. The van der Waals surface area contributed by atoms with Crippen LogP contribution in [-0.4, -0.2) is 50.0 Å². The van der Waals surface area contributed by atoms with Crippen LogP contribution in [0.25, 0.3) is 0 Å². The van der Waals surface area contributed by atoms with Gasteiger partial charge in [-0.3, -0.25) is 4.79 Å². The van der Waals surface area contributed by atoms with Crippen LogP contribution in [0.2, 0.25) is 0 Å². The van der Waals surface area contributed by atoms with E-state index in [1.54, 1.807) is 24.3 Å². The molecule has 0 saturated carbocycles. The number of hydrogen-bond acceptors (Lipinski definition) is 5. The molecule has 2 aromatic rings. The Bertz CT molecular complexity index is 1020. The largest absolute Gasteiger partial charge is 0.490 e. The SMILES string of the molecule is CCOc1ccc(C[C@@H]2c3cc(OCC)c(OCC)cc3CCN2C(=O)C(F)(F)F)cc1OCC. The summed E-state index contributed by atoms with van der Waals surface area (Å²) < 4.78 is 63.3. The van der Waals surface area contributed by atoms with Crippen LogP contribution in [0.4, 0.5) is 13.2 Å². The van der Waals surface area contributed by atoms with E-state index in [4.69, 9.17) is 18.9 Å². The van der Waals surface area contributed by atoms with Gasteiger partial charge < -0.3 is 23.8 Å². The normalized spacial score (nSPS) is 15.4. The fourth-order valence-corrected chi connectivity index (χ4v) is 4.32. The van der Waals surface area contributed by atoms with Gasteiger partial charge in [0.25, 0.3) is 0 Å². The first-order chi connectivity index (χ1) is 16.7. The molecule has 0 aliphatic carbocycles. The zero-order chi connectivity index (χ0) is 25.6. The molecule has 0 unspecified atom stereocenters. The van der Waals surface area contributed by atoms with E-state index in [1.165, 1.54) is 0 Å². The van der Waals surface area contributed by atoms with Gasteiger partial charge in [0, 0.05) is 6.54 Å². The monoisotopic (exact) mass is 495 g/mol. The number of halogens is 3. The second-order valence-corrected chi connectivity index (χ2v) is 7.98. The molecule has 1 atom stereocenters. The van der Waals surface area contributed by atoms with E-state index in [0.29, 0.717) is 55.0 Å². The van der Waals surface area contributed by atoms with Gasteiger partial charge in [-0.15, -0.1) is 0 Å². The molecule has 1 heterocycles. The molecular formula is C26H32F3NO5. The Morgan fingerprint density at radius 3 is 1.97 bits per heavy atom. The molecular weight excluding hydrogens is 463 g/mol. The van der Waals surface area contributed by atoms with Crippen molar-refractivity contribution in [3.8, 4) is 23.0 Å². The smallest absolute Gasteiger partial charge is 0.471 e. The van der Waals surface area contributed by atoms with Gasteiger partial charge in [-0.05, 0) is 81.5 Å². The molecule has 35 heavy (non-hydrogen) atoms. The van der Waals surface area contributed by atoms with Crippen molar-refractivity contribution >= 4 is 5.91 Å². The molecule has 192 valence electrons. The minimum Gasteiger partial charge on any atom is -0.490 e. The van der Waals surface area contributed by atoms with Gasteiger partial charge in [0.2, 0.25) is 0 Å². The molecule has 0 saturated heterocycles. The molecule has 1 amide bonds. The van der Waals surface area contributed by atoms with Crippen LogP contribution < -0.4 is 18.9 Å². The number of rotatable bonds is 10. The van der Waals surface area contributed by atoms with Crippen LogP contribution in [0.3, 0.4) is 0 Å². The molecule has 0 spiro atoms. The zero-order valence-electron chi connectivity index (χ0n) is 20.5. The van der Waals surface area contributed by atoms with Crippen molar-refractivity contribution in [1.29, 1.82) is 0 Å². The van der Waals surface area contributed by atoms with E-state index >= 15 is 0 Å². The first-order valence-electron chi connectivity index (χ1n) is 11.9. The fraction of sp³-hybridized carbons (Fsp3) is 0.500. The van der Waals surface area contributed by atoms with E-state index in [1.807, 2.05) is 33.8 Å². The van der Waals surface area contributed by atoms with Crippen LogP contribution >= 0.6 is 0 Å². The van der Waals surface area contributed by atoms with Crippen molar-refractivity contribution in [2.75, 3.05) is 33.0 Å². The molecule has 2 aromatic carbocycles. The Morgan fingerprint density at radius 1 is 0.857 bits per heavy atom. The second kappa shape index (κ2) is 11.6. The van der Waals surface area contributed by atoms with Crippen molar-refractivity contribution in [3.05, 3.63) is 47.0 Å². The Morgan fingerprint density at radius 2 is 1.40 bits per heavy atom. The highest BCUT2D eigenvalue weighted by Gasteiger charge is 2.46. The summed E-state index contributed by atoms with van der Waals surface area (Å²) in [6, 6.07) is 7.98. The Balaban J connectivity index is 2.08. The van der Waals surface area contributed by atoms with Gasteiger partial charge in [-0.25, -0.2) is 0 Å². The molecule has 0 radical (unpaired) electrons. The third-order valence-electron chi connectivity index (χ3n) is 5.70. The second-order valence-electron chi connectivity index (χ2n) is 7.98. The quantitative estimate of drug-likeness (QED) is 0.435. The molecule has 6 nitrogen and oxygen atoms in total. The summed E-state index contributed by atoms with van der Waals surface area (Å²) in [6.45, 7) is 8.97. The van der Waals surface area contributed by atoms with Crippen LogP contribution in [0.5, 0.6) is 23.0 Å². The van der Waals surface area contributed by atoms with Gasteiger partial charge >= 0.3 is 12.1 Å². The summed E-state index contributed by atoms with van der Waals surface area (Å²) in [6.07, 6.45) is -4.52. The predicted molar refractivity (Wildman–Crippen MR) is 125 cm³/mol. The fourth-order valence-electron chi connectivity index (χ4n) is 4.32. The summed E-state index contributed by atoms with van der Waals surface area (Å²) in [5.74, 6) is 0.211. The van der Waals surface area contributed by atoms with Crippen molar-refractivity contribution in [2.45, 2.75) is 52.8 Å². The molecule has 0 N–H and O–H groups in total. The van der Waals surface area contributed by atoms with E-state index in [0.717, 1.165) is 16.0 Å². The van der Waals surface area contributed by atoms with Crippen LogP contribution in [0, 0.1) is 0 Å². The summed E-state index contributed by atoms with van der Waals surface area (Å²) >= 11 is 0. The predicted octanol–water partition coefficient (Wildman–Crippen LogP) is 5.51. The lowest BCUT2D eigenvalue weighted by atomic mass is 9.88. The van der Waals surface area contributed by atoms with Crippen LogP contribution in [0.15, 0.2) is 30.3 Å². The summed E-state index contributed by atoms with van der Waals surface area (Å²) in [5.41, 5.74) is 2.18. The minimum absolute atomic E-state index is 0.0507. The van der Waals surface area contributed by atoms with E-state index in [9.17, 15) is 18.0 Å². The topological polar surface area (TPSA) is 57.2 Å². The number of fused-ring (bicyclic) bond motifs is 1. The van der Waals surface area contributed by atoms with Crippen LogP contribution in [0.1, 0.15) is 50.4 Å². The number of nitrogens with zero attached hydrogens (tertiary/aromatic N) is 1.